The van der Waals surface area contributed by atoms with Crippen LogP contribution in [-0.2, 0) is 10.2 Å². The van der Waals surface area contributed by atoms with Crippen LogP contribution in [0.25, 0.3) is 11.2 Å². The third-order valence-electron chi connectivity index (χ3n) is 4.49. The topological polar surface area (TPSA) is 66.9 Å². The van der Waals surface area contributed by atoms with Crippen molar-refractivity contribution in [3.05, 3.63) is 12.2 Å². The van der Waals surface area contributed by atoms with Gasteiger partial charge in [-0.2, -0.15) is 0 Å². The van der Waals surface area contributed by atoms with Gasteiger partial charge in [-0.25, -0.2) is 15.0 Å². The van der Waals surface area contributed by atoms with Crippen molar-refractivity contribution in [2.75, 3.05) is 31.2 Å². The molecule has 6 heteroatoms. The number of aromatic nitrogens is 4. The van der Waals surface area contributed by atoms with Crippen molar-refractivity contribution in [1.29, 1.82) is 0 Å². The van der Waals surface area contributed by atoms with E-state index in [-0.39, 0.29) is 5.41 Å². The molecule has 2 aromatic rings. The summed E-state index contributed by atoms with van der Waals surface area (Å²) in [6.45, 7) is 10.2. The first-order chi connectivity index (χ1) is 9.97. The average Bonchev–Trinajstić information content (AvgIpc) is 3.02. The molecule has 0 atom stereocenters. The second kappa shape index (κ2) is 4.16. The lowest BCUT2D eigenvalue weighted by molar-refractivity contribution is -0.0985. The molecular weight excluding hydrogens is 266 g/mol. The largest absolute Gasteiger partial charge is 0.380 e. The SMILES string of the molecule is CC(C)(C)c1nc(N2CCC3(COC3)C2)c2[nH]cnc2n1. The Labute approximate surface area is 123 Å². The number of hydrogen-bond donors (Lipinski definition) is 1. The molecule has 21 heavy (non-hydrogen) atoms. The monoisotopic (exact) mass is 287 g/mol. The van der Waals surface area contributed by atoms with E-state index in [9.17, 15) is 0 Å². The molecule has 0 amide bonds. The number of nitrogens with zero attached hydrogens (tertiary/aromatic N) is 4. The Bertz CT molecular complexity index is 683. The van der Waals surface area contributed by atoms with E-state index in [0.29, 0.717) is 5.41 Å². The van der Waals surface area contributed by atoms with Crippen molar-refractivity contribution < 1.29 is 4.74 Å². The van der Waals surface area contributed by atoms with Crippen LogP contribution in [0, 0.1) is 5.41 Å². The molecule has 2 aliphatic rings. The predicted octanol–water partition coefficient (Wildman–Crippen LogP) is 1.88. The molecule has 0 saturated carbocycles. The fourth-order valence-corrected chi connectivity index (χ4v) is 3.12. The van der Waals surface area contributed by atoms with Crippen molar-refractivity contribution in [1.82, 2.24) is 19.9 Å². The van der Waals surface area contributed by atoms with Gasteiger partial charge in [-0.1, -0.05) is 20.8 Å². The Morgan fingerprint density at radius 1 is 1.29 bits per heavy atom. The average molecular weight is 287 g/mol. The minimum absolute atomic E-state index is 0.0844. The van der Waals surface area contributed by atoms with Crippen molar-refractivity contribution in [2.45, 2.75) is 32.6 Å². The normalized spacial score (nSPS) is 21.2. The minimum Gasteiger partial charge on any atom is -0.380 e. The molecular formula is C15H21N5O. The first kappa shape index (κ1) is 13.0. The number of imidazole rings is 1. The maximum Gasteiger partial charge on any atom is 0.183 e. The van der Waals surface area contributed by atoms with Gasteiger partial charge in [0.2, 0.25) is 0 Å². The fraction of sp³-hybridized carbons (Fsp3) is 0.667. The number of hydrogen-bond acceptors (Lipinski definition) is 5. The van der Waals surface area contributed by atoms with Gasteiger partial charge in [0.05, 0.1) is 19.5 Å². The van der Waals surface area contributed by atoms with Gasteiger partial charge in [0.25, 0.3) is 0 Å². The maximum atomic E-state index is 5.42. The van der Waals surface area contributed by atoms with Gasteiger partial charge in [-0.05, 0) is 6.42 Å². The van der Waals surface area contributed by atoms with Crippen LogP contribution in [0.2, 0.25) is 0 Å². The van der Waals surface area contributed by atoms with E-state index in [4.69, 9.17) is 9.72 Å². The van der Waals surface area contributed by atoms with Crippen LogP contribution in [0.4, 0.5) is 5.82 Å². The van der Waals surface area contributed by atoms with E-state index >= 15 is 0 Å². The van der Waals surface area contributed by atoms with Crippen LogP contribution < -0.4 is 4.90 Å². The summed E-state index contributed by atoms with van der Waals surface area (Å²) >= 11 is 0. The number of aromatic amines is 1. The Kier molecular flexibility index (Phi) is 2.58. The highest BCUT2D eigenvalue weighted by molar-refractivity contribution is 5.83. The van der Waals surface area contributed by atoms with Gasteiger partial charge in [-0.3, -0.25) is 0 Å². The van der Waals surface area contributed by atoms with Gasteiger partial charge < -0.3 is 14.6 Å². The third kappa shape index (κ3) is 2.00. The molecule has 0 radical (unpaired) electrons. The zero-order valence-electron chi connectivity index (χ0n) is 12.8. The number of nitrogens with one attached hydrogen (secondary N) is 1. The molecule has 0 bridgehead atoms. The highest BCUT2D eigenvalue weighted by Crippen LogP contribution is 2.40. The molecule has 2 fully saturated rings. The molecule has 1 N–H and O–H groups in total. The highest BCUT2D eigenvalue weighted by Gasteiger charge is 2.45. The van der Waals surface area contributed by atoms with E-state index in [1.54, 1.807) is 6.33 Å². The number of ether oxygens (including phenoxy) is 1. The van der Waals surface area contributed by atoms with Crippen molar-refractivity contribution in [3.8, 4) is 0 Å². The van der Waals surface area contributed by atoms with E-state index in [1.807, 2.05) is 0 Å². The summed E-state index contributed by atoms with van der Waals surface area (Å²) in [6.07, 6.45) is 2.88. The Hall–Kier alpha value is -1.69. The highest BCUT2D eigenvalue weighted by atomic mass is 16.5. The summed E-state index contributed by atoms with van der Waals surface area (Å²) in [5, 5.41) is 0. The summed E-state index contributed by atoms with van der Waals surface area (Å²) in [4.78, 5) is 19.4. The quantitative estimate of drug-likeness (QED) is 0.867. The van der Waals surface area contributed by atoms with E-state index in [2.05, 4.69) is 40.6 Å². The standard InChI is InChI=1S/C15H21N5O/c1-14(2,3)13-18-11-10(16-9-17-11)12(19-13)20-5-4-15(6-20)7-21-8-15/h9H,4-8H2,1-3H3,(H,16,17,18,19). The Balaban J connectivity index is 1.78. The van der Waals surface area contributed by atoms with Gasteiger partial charge in [0, 0.05) is 23.9 Å². The maximum absolute atomic E-state index is 5.42. The molecule has 2 aromatic heterocycles. The van der Waals surface area contributed by atoms with Crippen molar-refractivity contribution in [3.63, 3.8) is 0 Å². The summed E-state index contributed by atoms with van der Waals surface area (Å²) in [6, 6.07) is 0. The third-order valence-corrected chi connectivity index (χ3v) is 4.49. The molecule has 2 aliphatic heterocycles. The molecule has 0 aromatic carbocycles. The summed E-state index contributed by atoms with van der Waals surface area (Å²) in [5.41, 5.74) is 1.97. The molecule has 1 spiro atoms. The van der Waals surface area contributed by atoms with Crippen LogP contribution >= 0.6 is 0 Å². The van der Waals surface area contributed by atoms with Gasteiger partial charge >= 0.3 is 0 Å². The summed E-state index contributed by atoms with van der Waals surface area (Å²) < 4.78 is 5.42. The number of anilines is 1. The molecule has 0 unspecified atom stereocenters. The zero-order chi connectivity index (χ0) is 14.7. The second-order valence-electron chi connectivity index (χ2n) is 7.39. The smallest absolute Gasteiger partial charge is 0.183 e. The van der Waals surface area contributed by atoms with Crippen LogP contribution in [0.15, 0.2) is 6.33 Å². The molecule has 0 aliphatic carbocycles. The molecule has 4 heterocycles. The summed E-state index contributed by atoms with van der Waals surface area (Å²) in [7, 11) is 0. The summed E-state index contributed by atoms with van der Waals surface area (Å²) in [5.74, 6) is 1.84. The number of H-pyrrole nitrogens is 1. The second-order valence-corrected chi connectivity index (χ2v) is 7.39. The van der Waals surface area contributed by atoms with Crippen molar-refractivity contribution in [2.24, 2.45) is 5.41 Å². The minimum atomic E-state index is -0.0844. The van der Waals surface area contributed by atoms with Crippen LogP contribution in [-0.4, -0.2) is 46.2 Å². The molecule has 6 nitrogen and oxygen atoms in total. The zero-order valence-corrected chi connectivity index (χ0v) is 12.8. The van der Waals surface area contributed by atoms with Crippen molar-refractivity contribution >= 4 is 17.0 Å². The first-order valence-corrected chi connectivity index (χ1v) is 7.51. The Morgan fingerprint density at radius 2 is 2.10 bits per heavy atom. The van der Waals surface area contributed by atoms with E-state index < -0.39 is 0 Å². The first-order valence-electron chi connectivity index (χ1n) is 7.51. The van der Waals surface area contributed by atoms with Crippen LogP contribution in [0.5, 0.6) is 0 Å². The van der Waals surface area contributed by atoms with E-state index in [1.165, 1.54) is 6.42 Å². The molecule has 112 valence electrons. The lowest BCUT2D eigenvalue weighted by atomic mass is 9.85. The lowest BCUT2D eigenvalue weighted by Crippen LogP contribution is -2.44. The van der Waals surface area contributed by atoms with Gasteiger partial charge in [0.1, 0.15) is 11.3 Å². The lowest BCUT2D eigenvalue weighted by Gasteiger charge is -2.37. The molecule has 4 rings (SSSR count). The van der Waals surface area contributed by atoms with E-state index in [0.717, 1.165) is 49.1 Å². The molecule has 2 saturated heterocycles. The van der Waals surface area contributed by atoms with Gasteiger partial charge in [0.15, 0.2) is 11.5 Å². The van der Waals surface area contributed by atoms with Gasteiger partial charge in [-0.15, -0.1) is 0 Å². The number of fused-ring (bicyclic) bond motifs is 1. The number of rotatable bonds is 1. The predicted molar refractivity (Wildman–Crippen MR) is 80.5 cm³/mol. The fourth-order valence-electron chi connectivity index (χ4n) is 3.12. The van der Waals surface area contributed by atoms with Crippen LogP contribution in [0.3, 0.4) is 0 Å². The Morgan fingerprint density at radius 3 is 2.71 bits per heavy atom. The van der Waals surface area contributed by atoms with Crippen LogP contribution in [0.1, 0.15) is 33.0 Å².